The third-order valence-electron chi connectivity index (χ3n) is 3.66. The zero-order valence-electron chi connectivity index (χ0n) is 11.4. The number of ether oxygens (including phenoxy) is 1. The van der Waals surface area contributed by atoms with Gasteiger partial charge >= 0.3 is 0 Å². The van der Waals surface area contributed by atoms with E-state index in [4.69, 9.17) is 4.74 Å². The summed E-state index contributed by atoms with van der Waals surface area (Å²) in [6.45, 7) is 2.22. The minimum atomic E-state index is -0.589. The molecule has 2 N–H and O–H groups in total. The lowest BCUT2D eigenvalue weighted by Gasteiger charge is -2.19. The summed E-state index contributed by atoms with van der Waals surface area (Å²) in [4.78, 5) is 0. The van der Waals surface area contributed by atoms with Crippen LogP contribution in [0.5, 0.6) is 11.5 Å². The van der Waals surface area contributed by atoms with Crippen molar-refractivity contribution in [3.8, 4) is 11.5 Å². The number of nitrogens with one attached hydrogen (secondary N) is 1. The number of phenols is 1. The average molecular weight is 291 g/mol. The van der Waals surface area contributed by atoms with Crippen molar-refractivity contribution in [2.45, 2.75) is 19.0 Å². The molecule has 0 aromatic heterocycles. The lowest BCUT2D eigenvalue weighted by molar-refractivity contribution is 0.299. The lowest BCUT2D eigenvalue weighted by Crippen LogP contribution is -2.26. The van der Waals surface area contributed by atoms with Crippen molar-refractivity contribution in [3.63, 3.8) is 0 Å². The number of halogens is 2. The van der Waals surface area contributed by atoms with Crippen LogP contribution >= 0.6 is 0 Å². The first-order chi connectivity index (χ1) is 10.0. The van der Waals surface area contributed by atoms with E-state index in [0.717, 1.165) is 11.6 Å². The highest BCUT2D eigenvalue weighted by atomic mass is 19.1. The molecular weight excluding hydrogens is 276 g/mol. The Morgan fingerprint density at radius 2 is 2.05 bits per heavy atom. The largest absolute Gasteiger partial charge is 0.508 e. The first kappa shape index (κ1) is 13.8. The molecule has 0 fully saturated rings. The molecule has 5 heteroatoms. The Bertz CT molecular complexity index is 675. The van der Waals surface area contributed by atoms with E-state index in [1.807, 2.05) is 6.92 Å². The standard InChI is InChI=1S/C16H15F2NO2/c1-9(12-4-2-10(17)6-14(12)18)19-15-8-21-16-7-11(20)3-5-13(15)16/h2-7,9,15,19-20H,8H2,1H3. The fraction of sp³-hybridized carbons (Fsp3) is 0.250. The maximum Gasteiger partial charge on any atom is 0.130 e. The Kier molecular flexibility index (Phi) is 3.51. The molecule has 2 aromatic carbocycles. The second-order valence-corrected chi connectivity index (χ2v) is 5.14. The fourth-order valence-electron chi connectivity index (χ4n) is 2.58. The summed E-state index contributed by atoms with van der Waals surface area (Å²) < 4.78 is 32.2. The molecule has 2 unspecified atom stereocenters. The Morgan fingerprint density at radius 3 is 2.81 bits per heavy atom. The summed E-state index contributed by atoms with van der Waals surface area (Å²) in [6.07, 6.45) is 0. The maximum absolute atomic E-state index is 13.8. The van der Waals surface area contributed by atoms with Gasteiger partial charge in [-0.25, -0.2) is 8.78 Å². The summed E-state index contributed by atoms with van der Waals surface area (Å²) in [6, 6.07) is 8.10. The molecule has 0 amide bonds. The molecule has 3 nitrogen and oxygen atoms in total. The van der Waals surface area contributed by atoms with Crippen molar-refractivity contribution >= 4 is 0 Å². The molecule has 0 bridgehead atoms. The summed E-state index contributed by atoms with van der Waals surface area (Å²) >= 11 is 0. The van der Waals surface area contributed by atoms with Crippen LogP contribution in [0.3, 0.4) is 0 Å². The molecule has 1 heterocycles. The fourth-order valence-corrected chi connectivity index (χ4v) is 2.58. The molecule has 1 aliphatic rings. The van der Waals surface area contributed by atoms with Crippen LogP contribution in [-0.2, 0) is 0 Å². The number of benzene rings is 2. The van der Waals surface area contributed by atoms with Crippen LogP contribution in [-0.4, -0.2) is 11.7 Å². The molecule has 0 spiro atoms. The number of hydrogen-bond acceptors (Lipinski definition) is 3. The average Bonchev–Trinajstić information content (AvgIpc) is 2.80. The summed E-state index contributed by atoms with van der Waals surface area (Å²) in [7, 11) is 0. The molecule has 0 saturated heterocycles. The molecular formula is C16H15F2NO2. The molecule has 110 valence electrons. The third kappa shape index (κ3) is 2.69. The van der Waals surface area contributed by atoms with Gasteiger partial charge in [0.2, 0.25) is 0 Å². The molecule has 0 saturated carbocycles. The van der Waals surface area contributed by atoms with Gasteiger partial charge < -0.3 is 15.2 Å². The highest BCUT2D eigenvalue weighted by molar-refractivity contribution is 5.44. The third-order valence-corrected chi connectivity index (χ3v) is 3.66. The number of fused-ring (bicyclic) bond motifs is 1. The summed E-state index contributed by atoms with van der Waals surface area (Å²) in [5.41, 5.74) is 1.32. The zero-order chi connectivity index (χ0) is 15.0. The Morgan fingerprint density at radius 1 is 1.24 bits per heavy atom. The Hall–Kier alpha value is -2.14. The van der Waals surface area contributed by atoms with Gasteiger partial charge in [0, 0.05) is 29.3 Å². The van der Waals surface area contributed by atoms with E-state index in [1.165, 1.54) is 12.1 Å². The van der Waals surface area contributed by atoms with Crippen molar-refractivity contribution < 1.29 is 18.6 Å². The minimum Gasteiger partial charge on any atom is -0.508 e. The van der Waals surface area contributed by atoms with Crippen molar-refractivity contribution in [2.75, 3.05) is 6.61 Å². The molecule has 2 atom stereocenters. The van der Waals surface area contributed by atoms with Crippen LogP contribution in [0.15, 0.2) is 36.4 Å². The van der Waals surface area contributed by atoms with E-state index in [9.17, 15) is 13.9 Å². The van der Waals surface area contributed by atoms with Crippen molar-refractivity contribution in [3.05, 3.63) is 59.2 Å². The van der Waals surface area contributed by atoms with Gasteiger partial charge in [-0.2, -0.15) is 0 Å². The predicted octanol–water partition coefficient (Wildman–Crippen LogP) is 3.45. The monoisotopic (exact) mass is 291 g/mol. The first-order valence-electron chi connectivity index (χ1n) is 6.71. The van der Waals surface area contributed by atoms with Crippen molar-refractivity contribution in [1.82, 2.24) is 5.32 Å². The first-order valence-corrected chi connectivity index (χ1v) is 6.71. The van der Waals surface area contributed by atoms with Crippen LogP contribution in [0.25, 0.3) is 0 Å². The van der Waals surface area contributed by atoms with Crippen molar-refractivity contribution in [2.24, 2.45) is 0 Å². The maximum atomic E-state index is 13.8. The van der Waals surface area contributed by atoms with Gasteiger partial charge in [0.15, 0.2) is 0 Å². The Balaban J connectivity index is 1.79. The second-order valence-electron chi connectivity index (χ2n) is 5.14. The molecule has 0 aliphatic carbocycles. The van der Waals surface area contributed by atoms with Crippen LogP contribution in [0, 0.1) is 11.6 Å². The van der Waals surface area contributed by atoms with Gasteiger partial charge in [-0.3, -0.25) is 0 Å². The van der Waals surface area contributed by atoms with Gasteiger partial charge in [-0.1, -0.05) is 6.07 Å². The van der Waals surface area contributed by atoms with Crippen LogP contribution in [0.1, 0.15) is 30.1 Å². The van der Waals surface area contributed by atoms with Crippen LogP contribution in [0.4, 0.5) is 8.78 Å². The van der Waals surface area contributed by atoms with E-state index >= 15 is 0 Å². The van der Waals surface area contributed by atoms with E-state index < -0.39 is 11.6 Å². The number of hydrogen-bond donors (Lipinski definition) is 2. The molecule has 3 rings (SSSR count). The smallest absolute Gasteiger partial charge is 0.130 e. The van der Waals surface area contributed by atoms with E-state index in [0.29, 0.717) is 17.9 Å². The molecule has 1 aliphatic heterocycles. The number of phenolic OH excluding ortho intramolecular Hbond substituents is 1. The van der Waals surface area contributed by atoms with Crippen LogP contribution < -0.4 is 10.1 Å². The molecule has 2 aromatic rings. The molecule has 0 radical (unpaired) electrons. The van der Waals surface area contributed by atoms with E-state index in [2.05, 4.69) is 5.32 Å². The number of rotatable bonds is 3. The van der Waals surface area contributed by atoms with Gasteiger partial charge in [-0.05, 0) is 25.1 Å². The van der Waals surface area contributed by atoms with Gasteiger partial charge in [-0.15, -0.1) is 0 Å². The predicted molar refractivity (Wildman–Crippen MR) is 74.3 cm³/mol. The van der Waals surface area contributed by atoms with E-state index in [1.54, 1.807) is 18.2 Å². The van der Waals surface area contributed by atoms with Crippen LogP contribution in [0.2, 0.25) is 0 Å². The van der Waals surface area contributed by atoms with Gasteiger partial charge in [0.05, 0.1) is 6.04 Å². The Labute approximate surface area is 121 Å². The normalized spacial score (nSPS) is 18.1. The van der Waals surface area contributed by atoms with Crippen molar-refractivity contribution in [1.29, 1.82) is 0 Å². The quantitative estimate of drug-likeness (QED) is 0.910. The zero-order valence-corrected chi connectivity index (χ0v) is 11.4. The number of aromatic hydroxyl groups is 1. The second kappa shape index (κ2) is 5.33. The summed E-state index contributed by atoms with van der Waals surface area (Å²) in [5, 5.41) is 12.7. The highest BCUT2D eigenvalue weighted by Gasteiger charge is 2.26. The van der Waals surface area contributed by atoms with E-state index in [-0.39, 0.29) is 17.8 Å². The molecule has 21 heavy (non-hydrogen) atoms. The topological polar surface area (TPSA) is 41.5 Å². The van der Waals surface area contributed by atoms with Gasteiger partial charge in [0.25, 0.3) is 0 Å². The lowest BCUT2D eigenvalue weighted by atomic mass is 10.0. The SMILES string of the molecule is CC(NC1COc2cc(O)ccc21)c1ccc(F)cc1F. The summed E-state index contributed by atoms with van der Waals surface area (Å²) in [5.74, 6) is -0.389. The highest BCUT2D eigenvalue weighted by Crippen LogP contribution is 2.36. The minimum absolute atomic E-state index is 0.0972. The van der Waals surface area contributed by atoms with Gasteiger partial charge in [0.1, 0.15) is 29.7 Å².